The van der Waals surface area contributed by atoms with E-state index in [1.807, 2.05) is 4.90 Å². The Morgan fingerprint density at radius 2 is 1.92 bits per heavy atom. The first-order chi connectivity index (χ1) is 11.7. The second-order valence-corrected chi connectivity index (χ2v) is 5.60. The topological polar surface area (TPSA) is 75.8 Å². The van der Waals surface area contributed by atoms with Crippen molar-refractivity contribution in [3.63, 3.8) is 0 Å². The molecule has 1 fully saturated rings. The van der Waals surface area contributed by atoms with Gasteiger partial charge in [0.2, 0.25) is 0 Å². The van der Waals surface area contributed by atoms with E-state index in [-0.39, 0.29) is 11.2 Å². The van der Waals surface area contributed by atoms with E-state index >= 15 is 0 Å². The average molecular weight is 324 g/mol. The number of rotatable bonds is 2. The van der Waals surface area contributed by atoms with Gasteiger partial charge in [0.15, 0.2) is 16.9 Å². The van der Waals surface area contributed by atoms with E-state index < -0.39 is 0 Å². The molecule has 1 aliphatic rings. The van der Waals surface area contributed by atoms with Crippen molar-refractivity contribution in [3.8, 4) is 17.0 Å². The molecule has 4 rings (SSSR count). The first-order valence-electron chi connectivity index (χ1n) is 7.78. The molecule has 0 atom stereocenters. The van der Waals surface area contributed by atoms with Gasteiger partial charge in [0.1, 0.15) is 11.4 Å². The molecule has 6 nitrogen and oxygen atoms in total. The summed E-state index contributed by atoms with van der Waals surface area (Å²) in [6.07, 6.45) is 1.55. The second kappa shape index (κ2) is 5.98. The van der Waals surface area contributed by atoms with Gasteiger partial charge in [0.05, 0.1) is 18.6 Å². The predicted octanol–water partition coefficient (Wildman–Crippen LogP) is 2.40. The molecule has 2 aromatic heterocycles. The van der Waals surface area contributed by atoms with Gasteiger partial charge in [-0.2, -0.15) is 0 Å². The molecule has 122 valence electrons. The minimum absolute atomic E-state index is 0.0944. The number of hydrogen-bond acceptors (Lipinski definition) is 6. The number of ether oxygens (including phenoxy) is 1. The zero-order chi connectivity index (χ0) is 16.5. The Morgan fingerprint density at radius 1 is 1.12 bits per heavy atom. The summed E-state index contributed by atoms with van der Waals surface area (Å²) < 4.78 is 11.4. The number of para-hydroxylation sites is 1. The number of anilines is 1. The number of pyridine rings is 1. The number of phenols is 1. The minimum atomic E-state index is -0.128. The highest BCUT2D eigenvalue weighted by Gasteiger charge is 2.18. The Bertz CT molecular complexity index is 945. The largest absolute Gasteiger partial charge is 0.507 e. The molecule has 3 aromatic rings. The van der Waals surface area contributed by atoms with Crippen molar-refractivity contribution in [1.29, 1.82) is 0 Å². The zero-order valence-corrected chi connectivity index (χ0v) is 12.9. The predicted molar refractivity (Wildman–Crippen MR) is 90.4 cm³/mol. The van der Waals surface area contributed by atoms with Gasteiger partial charge < -0.3 is 19.2 Å². The first-order valence-corrected chi connectivity index (χ1v) is 7.78. The van der Waals surface area contributed by atoms with E-state index in [0.29, 0.717) is 54.4 Å². The third-order valence-corrected chi connectivity index (χ3v) is 4.11. The number of aromatic hydroxyl groups is 1. The van der Waals surface area contributed by atoms with E-state index in [1.165, 1.54) is 6.07 Å². The van der Waals surface area contributed by atoms with Crippen LogP contribution in [-0.2, 0) is 4.74 Å². The van der Waals surface area contributed by atoms with Crippen LogP contribution in [0, 0.1) is 0 Å². The number of fused-ring (bicyclic) bond motifs is 1. The maximum absolute atomic E-state index is 12.5. The minimum Gasteiger partial charge on any atom is -0.507 e. The maximum atomic E-state index is 12.5. The van der Waals surface area contributed by atoms with Crippen molar-refractivity contribution in [1.82, 2.24) is 4.98 Å². The molecule has 1 aromatic carbocycles. The van der Waals surface area contributed by atoms with Crippen LogP contribution in [0.2, 0.25) is 0 Å². The summed E-state index contributed by atoms with van der Waals surface area (Å²) >= 11 is 0. The highest BCUT2D eigenvalue weighted by atomic mass is 16.5. The number of nitrogens with zero attached hydrogens (tertiary/aromatic N) is 2. The summed E-state index contributed by atoms with van der Waals surface area (Å²) in [4.78, 5) is 18.8. The summed E-state index contributed by atoms with van der Waals surface area (Å²) in [6.45, 7) is 2.53. The van der Waals surface area contributed by atoms with Crippen molar-refractivity contribution in [2.24, 2.45) is 0 Å². The highest BCUT2D eigenvalue weighted by molar-refractivity contribution is 5.91. The van der Waals surface area contributed by atoms with Gasteiger partial charge in [0.25, 0.3) is 0 Å². The molecule has 0 unspecified atom stereocenters. The number of phenolic OH excluding ortho intramolecular Hbond substituents is 1. The lowest BCUT2D eigenvalue weighted by Gasteiger charge is -2.27. The number of morpholine rings is 1. The zero-order valence-electron chi connectivity index (χ0n) is 12.9. The lowest BCUT2D eigenvalue weighted by molar-refractivity contribution is 0.121. The van der Waals surface area contributed by atoms with Crippen LogP contribution in [0.15, 0.2) is 51.8 Å². The fraction of sp³-hybridized carbons (Fsp3) is 0.222. The molecule has 0 radical (unpaired) electrons. The molecule has 1 N–H and O–H groups in total. The second-order valence-electron chi connectivity index (χ2n) is 5.60. The summed E-state index contributed by atoms with van der Waals surface area (Å²) in [5.41, 5.74) is 1.24. The molecule has 1 saturated heterocycles. The van der Waals surface area contributed by atoms with Crippen LogP contribution in [0.4, 0.5) is 5.88 Å². The molecule has 0 spiro atoms. The van der Waals surface area contributed by atoms with Crippen LogP contribution in [0.5, 0.6) is 5.75 Å². The third-order valence-electron chi connectivity index (χ3n) is 4.11. The fourth-order valence-electron chi connectivity index (χ4n) is 2.87. The van der Waals surface area contributed by atoms with E-state index in [4.69, 9.17) is 9.15 Å². The van der Waals surface area contributed by atoms with Crippen LogP contribution in [0.3, 0.4) is 0 Å². The van der Waals surface area contributed by atoms with Gasteiger partial charge in [-0.05, 0) is 18.2 Å². The van der Waals surface area contributed by atoms with Gasteiger partial charge >= 0.3 is 0 Å². The van der Waals surface area contributed by atoms with E-state index in [9.17, 15) is 9.90 Å². The molecule has 1 aliphatic heterocycles. The lowest BCUT2D eigenvalue weighted by atomic mass is 10.1. The van der Waals surface area contributed by atoms with Crippen LogP contribution in [0.1, 0.15) is 0 Å². The molecule has 3 heterocycles. The maximum Gasteiger partial charge on any atom is 0.200 e. The summed E-state index contributed by atoms with van der Waals surface area (Å²) in [5.74, 6) is 0.595. The average Bonchev–Trinajstić information content (AvgIpc) is 2.63. The highest BCUT2D eigenvalue weighted by Crippen LogP contribution is 2.33. The van der Waals surface area contributed by atoms with Crippen molar-refractivity contribution in [3.05, 3.63) is 52.8 Å². The van der Waals surface area contributed by atoms with Crippen LogP contribution in [0.25, 0.3) is 22.2 Å². The summed E-state index contributed by atoms with van der Waals surface area (Å²) in [6, 6.07) is 10.0. The Labute approximate surface area is 137 Å². The Kier molecular flexibility index (Phi) is 3.66. The molecular formula is C18H16N2O4. The van der Waals surface area contributed by atoms with E-state index in [0.717, 1.165) is 0 Å². The van der Waals surface area contributed by atoms with Crippen molar-refractivity contribution < 1.29 is 14.3 Å². The van der Waals surface area contributed by atoms with Crippen LogP contribution >= 0.6 is 0 Å². The first kappa shape index (κ1) is 14.7. The standard InChI is InChI=1S/C18H16N2O4/c21-14-4-2-1-3-12(14)17-18-13(5-6-19-17)15(22)11-16(24-18)20-7-9-23-10-8-20/h1-6,11,21H,7-10H2. The van der Waals surface area contributed by atoms with E-state index in [2.05, 4.69) is 4.98 Å². The van der Waals surface area contributed by atoms with Gasteiger partial charge in [-0.3, -0.25) is 9.78 Å². The SMILES string of the molecule is O=c1cc(N2CCOCC2)oc2c(-c3ccccc3O)nccc12. The molecule has 0 saturated carbocycles. The van der Waals surface area contributed by atoms with Crippen LogP contribution in [-0.4, -0.2) is 36.4 Å². The smallest absolute Gasteiger partial charge is 0.200 e. The van der Waals surface area contributed by atoms with Gasteiger partial charge in [-0.1, -0.05) is 12.1 Å². The fourth-order valence-corrected chi connectivity index (χ4v) is 2.87. The Hall–Kier alpha value is -2.86. The van der Waals surface area contributed by atoms with Gasteiger partial charge in [-0.25, -0.2) is 0 Å². The lowest BCUT2D eigenvalue weighted by Crippen LogP contribution is -2.36. The van der Waals surface area contributed by atoms with E-state index in [1.54, 1.807) is 36.5 Å². The number of benzene rings is 1. The molecular weight excluding hydrogens is 308 g/mol. The molecule has 6 heteroatoms. The summed E-state index contributed by atoms with van der Waals surface area (Å²) in [5, 5.41) is 10.6. The summed E-state index contributed by atoms with van der Waals surface area (Å²) in [7, 11) is 0. The number of aromatic nitrogens is 1. The molecule has 0 bridgehead atoms. The Balaban J connectivity index is 1.93. The third kappa shape index (κ3) is 2.51. The van der Waals surface area contributed by atoms with Crippen molar-refractivity contribution in [2.45, 2.75) is 0 Å². The molecule has 0 aliphatic carbocycles. The normalized spacial score (nSPS) is 14.9. The number of hydrogen-bond donors (Lipinski definition) is 1. The van der Waals surface area contributed by atoms with Crippen LogP contribution < -0.4 is 10.3 Å². The Morgan fingerprint density at radius 3 is 2.71 bits per heavy atom. The molecule has 24 heavy (non-hydrogen) atoms. The quantitative estimate of drug-likeness (QED) is 0.780. The van der Waals surface area contributed by atoms with Gasteiger partial charge in [0, 0.05) is 30.9 Å². The van der Waals surface area contributed by atoms with Gasteiger partial charge in [-0.15, -0.1) is 0 Å². The molecule has 0 amide bonds. The van der Waals surface area contributed by atoms with Crippen molar-refractivity contribution in [2.75, 3.05) is 31.2 Å². The monoisotopic (exact) mass is 324 g/mol. The van der Waals surface area contributed by atoms with Crippen molar-refractivity contribution >= 4 is 16.9 Å².